The summed E-state index contributed by atoms with van der Waals surface area (Å²) < 4.78 is 1.95. The summed E-state index contributed by atoms with van der Waals surface area (Å²) >= 11 is 7.37. The molecular formula is C28H28ClN5OS. The molecule has 0 aliphatic carbocycles. The Morgan fingerprint density at radius 3 is 2.31 bits per heavy atom. The van der Waals surface area contributed by atoms with Gasteiger partial charge in [-0.1, -0.05) is 86.1 Å². The number of thioether (sulfide) groups is 1. The van der Waals surface area contributed by atoms with Crippen LogP contribution in [0.25, 0.3) is 17.1 Å². The summed E-state index contributed by atoms with van der Waals surface area (Å²) in [5, 5.41) is 14.1. The lowest BCUT2D eigenvalue weighted by molar-refractivity contribution is -0.118. The van der Waals surface area contributed by atoms with Gasteiger partial charge in [0.15, 0.2) is 11.0 Å². The van der Waals surface area contributed by atoms with Crippen molar-refractivity contribution in [1.29, 1.82) is 0 Å². The lowest BCUT2D eigenvalue weighted by atomic mass is 9.87. The van der Waals surface area contributed by atoms with Gasteiger partial charge in [0.05, 0.1) is 12.0 Å². The van der Waals surface area contributed by atoms with Crippen LogP contribution in [-0.2, 0) is 10.2 Å². The van der Waals surface area contributed by atoms with E-state index in [2.05, 4.69) is 53.6 Å². The lowest BCUT2D eigenvalue weighted by Crippen LogP contribution is -2.20. The predicted molar refractivity (Wildman–Crippen MR) is 148 cm³/mol. The van der Waals surface area contributed by atoms with Crippen LogP contribution in [0.2, 0.25) is 5.02 Å². The molecule has 184 valence electrons. The molecule has 6 nitrogen and oxygen atoms in total. The minimum atomic E-state index is -0.228. The van der Waals surface area contributed by atoms with E-state index < -0.39 is 0 Å². The molecule has 0 unspecified atom stereocenters. The van der Waals surface area contributed by atoms with Gasteiger partial charge in [0.2, 0.25) is 0 Å². The Kier molecular flexibility index (Phi) is 7.91. The Balaban J connectivity index is 1.46. The second kappa shape index (κ2) is 11.1. The number of carbonyl (C=O) groups excluding carboxylic acids is 1. The average molecular weight is 518 g/mol. The fourth-order valence-corrected chi connectivity index (χ4v) is 4.36. The maximum Gasteiger partial charge on any atom is 0.250 e. The molecule has 0 saturated carbocycles. The first-order valence-corrected chi connectivity index (χ1v) is 12.9. The smallest absolute Gasteiger partial charge is 0.250 e. The highest BCUT2D eigenvalue weighted by Gasteiger charge is 2.17. The number of carbonyl (C=O) groups is 1. The van der Waals surface area contributed by atoms with Gasteiger partial charge in [-0.2, -0.15) is 5.10 Å². The van der Waals surface area contributed by atoms with E-state index in [9.17, 15) is 4.79 Å². The third-order valence-corrected chi connectivity index (χ3v) is 6.72. The molecule has 4 aromatic rings. The van der Waals surface area contributed by atoms with Gasteiger partial charge in [-0.25, -0.2) is 5.43 Å². The van der Waals surface area contributed by atoms with Crippen molar-refractivity contribution < 1.29 is 4.79 Å². The average Bonchev–Trinajstić information content (AvgIpc) is 3.27. The number of amides is 1. The van der Waals surface area contributed by atoms with E-state index in [-0.39, 0.29) is 17.1 Å². The molecule has 1 N–H and O–H groups in total. The molecule has 0 saturated heterocycles. The van der Waals surface area contributed by atoms with E-state index in [1.54, 1.807) is 6.21 Å². The zero-order valence-electron chi connectivity index (χ0n) is 20.7. The standard InChI is InChI=1S/C28H28ClN5OS/c1-19-5-15-24(16-6-19)34-26(21-9-13-23(29)14-10-21)32-33-27(34)36-18-25(35)31-30-17-20-7-11-22(12-8-20)28(2,3)4/h5-17H,18H2,1-4H3,(H,31,35)/b30-17-. The molecule has 0 aliphatic rings. The summed E-state index contributed by atoms with van der Waals surface area (Å²) in [4.78, 5) is 12.5. The van der Waals surface area contributed by atoms with Crippen molar-refractivity contribution >= 4 is 35.5 Å². The quantitative estimate of drug-likeness (QED) is 0.174. The number of aryl methyl sites for hydroxylation is 1. The third kappa shape index (κ3) is 6.42. The molecule has 1 aromatic heterocycles. The molecule has 36 heavy (non-hydrogen) atoms. The van der Waals surface area contributed by atoms with E-state index in [0.29, 0.717) is 16.0 Å². The normalized spacial score (nSPS) is 11.7. The van der Waals surface area contributed by atoms with E-state index in [1.807, 2.05) is 72.2 Å². The van der Waals surface area contributed by atoms with Gasteiger partial charge in [0.25, 0.3) is 5.91 Å². The number of hydrogen-bond acceptors (Lipinski definition) is 5. The summed E-state index contributed by atoms with van der Waals surface area (Å²) in [6, 6.07) is 23.7. The van der Waals surface area contributed by atoms with Crippen LogP contribution in [0.15, 0.2) is 83.1 Å². The number of aromatic nitrogens is 3. The molecule has 0 bridgehead atoms. The summed E-state index contributed by atoms with van der Waals surface area (Å²) in [6.07, 6.45) is 1.64. The maximum absolute atomic E-state index is 12.5. The van der Waals surface area contributed by atoms with Crippen molar-refractivity contribution in [2.24, 2.45) is 5.10 Å². The Hall–Kier alpha value is -3.42. The first-order chi connectivity index (χ1) is 17.2. The molecule has 8 heteroatoms. The van der Waals surface area contributed by atoms with Crippen molar-refractivity contribution in [2.75, 3.05) is 5.75 Å². The first kappa shape index (κ1) is 25.7. The summed E-state index contributed by atoms with van der Waals surface area (Å²) in [6.45, 7) is 8.56. The van der Waals surface area contributed by atoms with Gasteiger partial charge < -0.3 is 0 Å². The van der Waals surface area contributed by atoms with Crippen LogP contribution in [0.4, 0.5) is 0 Å². The molecule has 0 spiro atoms. The molecule has 1 amide bonds. The molecule has 1 heterocycles. The Labute approximate surface area is 220 Å². The summed E-state index contributed by atoms with van der Waals surface area (Å²) in [7, 11) is 0. The van der Waals surface area contributed by atoms with E-state index >= 15 is 0 Å². The Bertz CT molecular complexity index is 1360. The lowest BCUT2D eigenvalue weighted by Gasteiger charge is -2.18. The zero-order chi connectivity index (χ0) is 25.7. The van der Waals surface area contributed by atoms with Crippen molar-refractivity contribution in [3.63, 3.8) is 0 Å². The monoisotopic (exact) mass is 517 g/mol. The number of nitrogens with zero attached hydrogens (tertiary/aromatic N) is 4. The Morgan fingerprint density at radius 1 is 1.00 bits per heavy atom. The molecular weight excluding hydrogens is 490 g/mol. The highest BCUT2D eigenvalue weighted by atomic mass is 35.5. The number of rotatable bonds is 7. The fraction of sp³-hybridized carbons (Fsp3) is 0.214. The predicted octanol–water partition coefficient (Wildman–Crippen LogP) is 6.44. The SMILES string of the molecule is Cc1ccc(-n2c(SCC(=O)N/N=C\c3ccc(C(C)(C)C)cc3)nnc2-c2ccc(Cl)cc2)cc1. The van der Waals surface area contributed by atoms with Crippen molar-refractivity contribution in [1.82, 2.24) is 20.2 Å². The van der Waals surface area contributed by atoms with Crippen molar-refractivity contribution in [3.8, 4) is 17.1 Å². The summed E-state index contributed by atoms with van der Waals surface area (Å²) in [5.41, 5.74) is 7.80. The first-order valence-electron chi connectivity index (χ1n) is 11.5. The zero-order valence-corrected chi connectivity index (χ0v) is 22.3. The van der Waals surface area contributed by atoms with E-state index in [0.717, 1.165) is 22.4 Å². The number of nitrogens with one attached hydrogen (secondary N) is 1. The molecule has 0 aliphatic heterocycles. The highest BCUT2D eigenvalue weighted by molar-refractivity contribution is 7.99. The number of hydrazone groups is 1. The van der Waals surface area contributed by atoms with Crippen LogP contribution < -0.4 is 5.43 Å². The van der Waals surface area contributed by atoms with E-state index in [4.69, 9.17) is 11.6 Å². The van der Waals surface area contributed by atoms with Crippen LogP contribution in [0.5, 0.6) is 0 Å². The van der Waals surface area contributed by atoms with Crippen molar-refractivity contribution in [3.05, 3.63) is 94.5 Å². The minimum Gasteiger partial charge on any atom is -0.272 e. The molecule has 4 rings (SSSR count). The van der Waals surface area contributed by atoms with Crippen LogP contribution in [0.3, 0.4) is 0 Å². The van der Waals surface area contributed by atoms with Gasteiger partial charge >= 0.3 is 0 Å². The van der Waals surface area contributed by atoms with Gasteiger partial charge in [-0.3, -0.25) is 9.36 Å². The highest BCUT2D eigenvalue weighted by Crippen LogP contribution is 2.29. The number of hydrogen-bond donors (Lipinski definition) is 1. The second-order valence-corrected chi connectivity index (χ2v) is 10.8. The topological polar surface area (TPSA) is 72.2 Å². The Morgan fingerprint density at radius 2 is 1.67 bits per heavy atom. The van der Waals surface area contributed by atoms with Crippen LogP contribution in [0.1, 0.15) is 37.5 Å². The van der Waals surface area contributed by atoms with Crippen LogP contribution in [0, 0.1) is 6.92 Å². The fourth-order valence-electron chi connectivity index (χ4n) is 3.49. The molecule has 0 fully saturated rings. The van der Waals surface area contributed by atoms with Crippen LogP contribution in [-0.4, -0.2) is 32.6 Å². The van der Waals surface area contributed by atoms with Gasteiger partial charge in [-0.05, 0) is 59.9 Å². The molecule has 0 atom stereocenters. The number of benzene rings is 3. The summed E-state index contributed by atoms with van der Waals surface area (Å²) in [5.74, 6) is 0.592. The van der Waals surface area contributed by atoms with E-state index in [1.165, 1.54) is 17.3 Å². The number of halogens is 1. The van der Waals surface area contributed by atoms with Crippen molar-refractivity contribution in [2.45, 2.75) is 38.3 Å². The molecule has 3 aromatic carbocycles. The molecule has 0 radical (unpaired) electrons. The third-order valence-electron chi connectivity index (χ3n) is 5.54. The van der Waals surface area contributed by atoms with Gasteiger partial charge in [0.1, 0.15) is 0 Å². The van der Waals surface area contributed by atoms with Gasteiger partial charge in [0, 0.05) is 16.3 Å². The second-order valence-electron chi connectivity index (χ2n) is 9.44. The largest absolute Gasteiger partial charge is 0.272 e. The van der Waals surface area contributed by atoms with Crippen LogP contribution >= 0.6 is 23.4 Å². The maximum atomic E-state index is 12.5. The van der Waals surface area contributed by atoms with Gasteiger partial charge in [-0.15, -0.1) is 10.2 Å². The minimum absolute atomic E-state index is 0.0909.